The van der Waals surface area contributed by atoms with E-state index in [0.717, 1.165) is 0 Å². The molecule has 2 aromatic rings. The van der Waals surface area contributed by atoms with E-state index in [2.05, 4.69) is 31.9 Å². The number of phenols is 4. The first kappa shape index (κ1) is 15.0. The zero-order chi connectivity index (χ0) is 14.9. The molecule has 0 bridgehead atoms. The molecule has 6 heteroatoms. The van der Waals surface area contributed by atoms with Crippen molar-refractivity contribution < 1.29 is 20.4 Å². The van der Waals surface area contributed by atoms with Crippen LogP contribution in [-0.2, 0) is 12.8 Å². The SMILES string of the molecule is Oc1ccc(Br)c(CCc2c(Br)ccc(O)c2O)c1O. The Balaban J connectivity index is 2.31. The van der Waals surface area contributed by atoms with E-state index in [-0.39, 0.29) is 23.0 Å². The normalized spacial score (nSPS) is 10.7. The number of benzene rings is 2. The Morgan fingerprint density at radius 3 is 1.35 bits per heavy atom. The van der Waals surface area contributed by atoms with E-state index in [4.69, 9.17) is 0 Å². The van der Waals surface area contributed by atoms with Crippen molar-refractivity contribution in [3.63, 3.8) is 0 Å². The minimum Gasteiger partial charge on any atom is -0.504 e. The summed E-state index contributed by atoms with van der Waals surface area (Å²) >= 11 is 6.62. The lowest BCUT2D eigenvalue weighted by Gasteiger charge is -2.11. The molecule has 0 aromatic heterocycles. The largest absolute Gasteiger partial charge is 0.504 e. The fourth-order valence-electron chi connectivity index (χ4n) is 1.92. The zero-order valence-corrected chi connectivity index (χ0v) is 13.4. The van der Waals surface area contributed by atoms with Gasteiger partial charge in [-0.1, -0.05) is 31.9 Å². The van der Waals surface area contributed by atoms with Gasteiger partial charge in [0.05, 0.1) is 0 Å². The van der Waals surface area contributed by atoms with Crippen molar-refractivity contribution in [2.45, 2.75) is 12.8 Å². The summed E-state index contributed by atoms with van der Waals surface area (Å²) in [5.74, 6) is -0.755. The van der Waals surface area contributed by atoms with Crippen molar-refractivity contribution in [3.05, 3.63) is 44.3 Å². The van der Waals surface area contributed by atoms with Crippen LogP contribution in [0.15, 0.2) is 33.2 Å². The molecule has 0 aliphatic rings. The van der Waals surface area contributed by atoms with Crippen LogP contribution in [0.2, 0.25) is 0 Å². The minimum atomic E-state index is -0.192. The van der Waals surface area contributed by atoms with Crippen LogP contribution < -0.4 is 0 Å². The first-order valence-corrected chi connectivity index (χ1v) is 7.39. The molecule has 0 fully saturated rings. The number of phenolic OH excluding ortho intramolecular Hbond substituents is 4. The van der Waals surface area contributed by atoms with E-state index in [1.807, 2.05) is 0 Å². The molecule has 0 saturated carbocycles. The van der Waals surface area contributed by atoms with Crippen LogP contribution in [0.5, 0.6) is 23.0 Å². The van der Waals surface area contributed by atoms with E-state index in [9.17, 15) is 20.4 Å². The molecule has 0 heterocycles. The van der Waals surface area contributed by atoms with Crippen molar-refractivity contribution >= 4 is 31.9 Å². The van der Waals surface area contributed by atoms with Crippen LogP contribution in [0.3, 0.4) is 0 Å². The van der Waals surface area contributed by atoms with Gasteiger partial charge in [-0.25, -0.2) is 0 Å². The molecule has 0 amide bonds. The average molecular weight is 404 g/mol. The lowest BCUT2D eigenvalue weighted by molar-refractivity contribution is 0.395. The van der Waals surface area contributed by atoms with Crippen LogP contribution in [0, 0.1) is 0 Å². The zero-order valence-electron chi connectivity index (χ0n) is 10.3. The molecule has 20 heavy (non-hydrogen) atoms. The fraction of sp³-hybridized carbons (Fsp3) is 0.143. The Morgan fingerprint density at radius 1 is 0.650 bits per heavy atom. The number of hydrogen-bond acceptors (Lipinski definition) is 4. The summed E-state index contributed by atoms with van der Waals surface area (Å²) in [6.07, 6.45) is 0.771. The maximum Gasteiger partial charge on any atom is 0.161 e. The van der Waals surface area contributed by atoms with E-state index in [1.54, 1.807) is 12.1 Å². The lowest BCUT2D eigenvalue weighted by Crippen LogP contribution is -1.95. The summed E-state index contributed by atoms with van der Waals surface area (Å²) in [6, 6.07) is 6.07. The van der Waals surface area contributed by atoms with E-state index < -0.39 is 0 Å². The minimum absolute atomic E-state index is 0.185. The highest BCUT2D eigenvalue weighted by molar-refractivity contribution is 9.10. The Hall–Kier alpha value is -1.40. The summed E-state index contributed by atoms with van der Waals surface area (Å²) in [4.78, 5) is 0. The average Bonchev–Trinajstić information content (AvgIpc) is 2.42. The third-order valence-electron chi connectivity index (χ3n) is 3.03. The molecular formula is C14H12Br2O4. The van der Waals surface area contributed by atoms with Gasteiger partial charge in [-0.2, -0.15) is 0 Å². The van der Waals surface area contributed by atoms with Crippen LogP contribution >= 0.6 is 31.9 Å². The maximum atomic E-state index is 9.85. The van der Waals surface area contributed by atoms with Gasteiger partial charge in [-0.15, -0.1) is 0 Å². The van der Waals surface area contributed by atoms with Crippen LogP contribution in [0.1, 0.15) is 11.1 Å². The van der Waals surface area contributed by atoms with Gasteiger partial charge >= 0.3 is 0 Å². The molecule has 0 spiro atoms. The molecule has 0 aliphatic heterocycles. The molecule has 0 aliphatic carbocycles. The molecule has 0 atom stereocenters. The van der Waals surface area contributed by atoms with Crippen molar-refractivity contribution in [1.82, 2.24) is 0 Å². The van der Waals surface area contributed by atoms with Gasteiger partial charge in [0.15, 0.2) is 23.0 Å². The third kappa shape index (κ3) is 2.86. The Labute approximate surface area is 132 Å². The van der Waals surface area contributed by atoms with Crippen LogP contribution in [0.4, 0.5) is 0 Å². The van der Waals surface area contributed by atoms with Gasteiger partial charge in [-0.05, 0) is 37.1 Å². The highest BCUT2D eigenvalue weighted by Crippen LogP contribution is 2.38. The summed E-state index contributed by atoms with van der Waals surface area (Å²) in [5.41, 5.74) is 1.08. The van der Waals surface area contributed by atoms with Gasteiger partial charge in [-0.3, -0.25) is 0 Å². The van der Waals surface area contributed by atoms with Gasteiger partial charge in [0.1, 0.15) is 0 Å². The monoisotopic (exact) mass is 402 g/mol. The maximum absolute atomic E-state index is 9.85. The molecular weight excluding hydrogens is 392 g/mol. The van der Waals surface area contributed by atoms with Crippen LogP contribution in [-0.4, -0.2) is 20.4 Å². The van der Waals surface area contributed by atoms with Crippen molar-refractivity contribution in [3.8, 4) is 23.0 Å². The predicted molar refractivity (Wildman–Crippen MR) is 82.4 cm³/mol. The number of halogens is 2. The highest BCUT2D eigenvalue weighted by Gasteiger charge is 2.15. The summed E-state index contributed by atoms with van der Waals surface area (Å²) in [7, 11) is 0. The van der Waals surface area contributed by atoms with Gasteiger partial charge in [0.2, 0.25) is 0 Å². The molecule has 106 valence electrons. The second-order valence-electron chi connectivity index (χ2n) is 4.29. The number of aromatic hydroxyl groups is 4. The third-order valence-corrected chi connectivity index (χ3v) is 4.52. The molecule has 4 N–H and O–H groups in total. The Morgan fingerprint density at radius 2 is 1.00 bits per heavy atom. The van der Waals surface area contributed by atoms with Crippen molar-refractivity contribution in [1.29, 1.82) is 0 Å². The van der Waals surface area contributed by atoms with Crippen molar-refractivity contribution in [2.24, 2.45) is 0 Å². The van der Waals surface area contributed by atoms with E-state index >= 15 is 0 Å². The smallest absolute Gasteiger partial charge is 0.161 e. The predicted octanol–water partition coefficient (Wildman–Crippen LogP) is 3.82. The fourth-order valence-corrected chi connectivity index (χ4v) is 2.96. The quantitative estimate of drug-likeness (QED) is 0.587. The van der Waals surface area contributed by atoms with E-state index in [1.165, 1.54) is 12.1 Å². The van der Waals surface area contributed by atoms with Gasteiger partial charge in [0, 0.05) is 20.1 Å². The number of hydrogen-bond donors (Lipinski definition) is 4. The number of rotatable bonds is 3. The van der Waals surface area contributed by atoms with Crippen LogP contribution in [0.25, 0.3) is 0 Å². The van der Waals surface area contributed by atoms with Crippen molar-refractivity contribution in [2.75, 3.05) is 0 Å². The van der Waals surface area contributed by atoms with E-state index in [0.29, 0.717) is 32.9 Å². The first-order chi connectivity index (χ1) is 9.41. The molecule has 0 unspecified atom stereocenters. The second kappa shape index (κ2) is 5.93. The summed E-state index contributed by atoms with van der Waals surface area (Å²) in [5, 5.41) is 38.7. The standard InChI is InChI=1S/C14H12Br2O4/c15-9-3-5-11(17)13(19)7(9)1-2-8-10(16)4-6-12(18)14(8)20/h3-6,17-20H,1-2H2. The lowest BCUT2D eigenvalue weighted by atomic mass is 10.0. The Bertz CT molecular complexity index is 599. The molecule has 2 aromatic carbocycles. The first-order valence-electron chi connectivity index (χ1n) is 5.80. The molecule has 2 rings (SSSR count). The molecule has 0 radical (unpaired) electrons. The topological polar surface area (TPSA) is 80.9 Å². The molecule has 0 saturated heterocycles. The van der Waals surface area contributed by atoms with Gasteiger partial charge in [0.25, 0.3) is 0 Å². The highest BCUT2D eigenvalue weighted by atomic mass is 79.9. The molecule has 4 nitrogen and oxygen atoms in total. The Kier molecular flexibility index (Phi) is 4.45. The second-order valence-corrected chi connectivity index (χ2v) is 6.00. The van der Waals surface area contributed by atoms with Gasteiger partial charge < -0.3 is 20.4 Å². The summed E-state index contributed by atoms with van der Waals surface area (Å²) < 4.78 is 1.34. The summed E-state index contributed by atoms with van der Waals surface area (Å²) in [6.45, 7) is 0.